The lowest BCUT2D eigenvalue weighted by Crippen LogP contribution is -2.45. The number of carbonyl (C=O) groups is 1. The average Bonchev–Trinajstić information content (AvgIpc) is 2.30. The quantitative estimate of drug-likeness (QED) is 0.754. The van der Waals surface area contributed by atoms with Gasteiger partial charge >= 0.3 is 0 Å². The van der Waals surface area contributed by atoms with Crippen LogP contribution in [0.5, 0.6) is 0 Å². The minimum atomic E-state index is 0.161. The summed E-state index contributed by atoms with van der Waals surface area (Å²) in [6, 6.07) is 9.86. The molecule has 1 aliphatic rings. The summed E-state index contributed by atoms with van der Waals surface area (Å²) in [5.74, 6) is 0.196. The van der Waals surface area contributed by atoms with Gasteiger partial charge in [-0.15, -0.1) is 0 Å². The second-order valence-corrected chi connectivity index (χ2v) is 4.18. The molecule has 0 aliphatic carbocycles. The van der Waals surface area contributed by atoms with Crippen molar-refractivity contribution in [3.63, 3.8) is 0 Å². The van der Waals surface area contributed by atoms with Crippen molar-refractivity contribution < 1.29 is 9.53 Å². The first kappa shape index (κ1) is 11.1. The first-order valence-corrected chi connectivity index (χ1v) is 5.69. The highest BCUT2D eigenvalue weighted by atomic mass is 16.5. The van der Waals surface area contributed by atoms with Gasteiger partial charge in [0.2, 0.25) is 5.91 Å². The number of carbonyl (C=O) groups excluding carboxylic acids is 1. The Morgan fingerprint density at radius 3 is 2.88 bits per heavy atom. The van der Waals surface area contributed by atoms with Gasteiger partial charge in [-0.3, -0.25) is 4.79 Å². The van der Waals surface area contributed by atoms with E-state index >= 15 is 0 Å². The number of morpholine rings is 1. The maximum Gasteiger partial charge on any atom is 0.227 e. The molecule has 1 aromatic rings. The standard InChI is InChI=1S/C13H17NO2/c1-11-10-14(7-8-16-11)13(15)9-12-5-3-2-4-6-12/h2-6,11H,7-10H2,1H3. The van der Waals surface area contributed by atoms with Crippen molar-refractivity contribution in [2.45, 2.75) is 19.4 Å². The average molecular weight is 219 g/mol. The molecular weight excluding hydrogens is 202 g/mol. The van der Waals surface area contributed by atoms with E-state index in [0.29, 0.717) is 19.6 Å². The van der Waals surface area contributed by atoms with Gasteiger partial charge in [0.1, 0.15) is 0 Å². The summed E-state index contributed by atoms with van der Waals surface area (Å²) < 4.78 is 5.41. The van der Waals surface area contributed by atoms with Crippen LogP contribution in [0.2, 0.25) is 0 Å². The van der Waals surface area contributed by atoms with Crippen molar-refractivity contribution in [3.8, 4) is 0 Å². The van der Waals surface area contributed by atoms with E-state index in [1.165, 1.54) is 0 Å². The molecular formula is C13H17NO2. The van der Waals surface area contributed by atoms with E-state index in [1.54, 1.807) is 0 Å². The SMILES string of the molecule is CC1CN(C(=O)Cc2ccccc2)CCO1. The third kappa shape index (κ3) is 2.83. The van der Waals surface area contributed by atoms with E-state index in [9.17, 15) is 4.79 Å². The number of hydrogen-bond acceptors (Lipinski definition) is 2. The summed E-state index contributed by atoms with van der Waals surface area (Å²) in [7, 11) is 0. The molecule has 0 saturated carbocycles. The van der Waals surface area contributed by atoms with E-state index < -0.39 is 0 Å². The zero-order valence-electron chi connectivity index (χ0n) is 9.56. The van der Waals surface area contributed by atoms with Crippen LogP contribution in [0.3, 0.4) is 0 Å². The van der Waals surface area contributed by atoms with E-state index in [0.717, 1.165) is 12.1 Å². The Morgan fingerprint density at radius 2 is 2.19 bits per heavy atom. The highest BCUT2D eigenvalue weighted by molar-refractivity contribution is 5.78. The summed E-state index contributed by atoms with van der Waals surface area (Å²) in [6.45, 7) is 4.09. The Bertz CT molecular complexity index is 350. The van der Waals surface area contributed by atoms with Crippen molar-refractivity contribution in [1.29, 1.82) is 0 Å². The highest BCUT2D eigenvalue weighted by Gasteiger charge is 2.20. The monoisotopic (exact) mass is 219 g/mol. The van der Waals surface area contributed by atoms with Crippen molar-refractivity contribution in [2.75, 3.05) is 19.7 Å². The largest absolute Gasteiger partial charge is 0.375 e. The number of ether oxygens (including phenoxy) is 1. The number of rotatable bonds is 2. The van der Waals surface area contributed by atoms with Crippen LogP contribution in [0.15, 0.2) is 30.3 Å². The second-order valence-electron chi connectivity index (χ2n) is 4.18. The van der Waals surface area contributed by atoms with Crippen LogP contribution in [0, 0.1) is 0 Å². The Morgan fingerprint density at radius 1 is 1.44 bits per heavy atom. The van der Waals surface area contributed by atoms with Gasteiger partial charge in [-0.2, -0.15) is 0 Å². The molecule has 2 rings (SSSR count). The molecule has 1 amide bonds. The normalized spacial score (nSPS) is 20.8. The molecule has 0 spiro atoms. The maximum atomic E-state index is 12.0. The van der Waals surface area contributed by atoms with Crippen LogP contribution in [-0.4, -0.2) is 36.6 Å². The molecule has 0 radical (unpaired) electrons. The van der Waals surface area contributed by atoms with Gasteiger partial charge in [0.15, 0.2) is 0 Å². The number of benzene rings is 1. The van der Waals surface area contributed by atoms with Gasteiger partial charge in [0, 0.05) is 13.1 Å². The zero-order valence-corrected chi connectivity index (χ0v) is 9.56. The Kier molecular flexibility index (Phi) is 3.57. The minimum absolute atomic E-state index is 0.161. The van der Waals surface area contributed by atoms with Crippen LogP contribution >= 0.6 is 0 Å². The molecule has 86 valence electrons. The lowest BCUT2D eigenvalue weighted by Gasteiger charge is -2.31. The highest BCUT2D eigenvalue weighted by Crippen LogP contribution is 2.08. The molecule has 3 heteroatoms. The Labute approximate surface area is 96.0 Å². The Balaban J connectivity index is 1.93. The van der Waals surface area contributed by atoms with Crippen molar-refractivity contribution >= 4 is 5.91 Å². The molecule has 1 aliphatic heterocycles. The van der Waals surface area contributed by atoms with Gasteiger partial charge in [-0.05, 0) is 12.5 Å². The molecule has 1 saturated heterocycles. The van der Waals surface area contributed by atoms with Crippen LogP contribution in [0.25, 0.3) is 0 Å². The lowest BCUT2D eigenvalue weighted by atomic mass is 10.1. The third-order valence-electron chi connectivity index (χ3n) is 2.79. The predicted octanol–water partition coefficient (Wildman–Crippen LogP) is 1.48. The van der Waals surface area contributed by atoms with Crippen LogP contribution in [0.1, 0.15) is 12.5 Å². The molecule has 0 N–H and O–H groups in total. The van der Waals surface area contributed by atoms with Gasteiger partial charge in [-0.1, -0.05) is 30.3 Å². The van der Waals surface area contributed by atoms with E-state index in [1.807, 2.05) is 42.2 Å². The molecule has 16 heavy (non-hydrogen) atoms. The van der Waals surface area contributed by atoms with E-state index in [-0.39, 0.29) is 12.0 Å². The van der Waals surface area contributed by atoms with Crippen molar-refractivity contribution in [3.05, 3.63) is 35.9 Å². The summed E-state index contributed by atoms with van der Waals surface area (Å²) in [6.07, 6.45) is 0.654. The van der Waals surface area contributed by atoms with Crippen LogP contribution < -0.4 is 0 Å². The fraction of sp³-hybridized carbons (Fsp3) is 0.462. The molecule has 0 bridgehead atoms. The summed E-state index contributed by atoms with van der Waals surface area (Å²) >= 11 is 0. The molecule has 1 unspecified atom stereocenters. The predicted molar refractivity (Wildman–Crippen MR) is 62.1 cm³/mol. The van der Waals surface area contributed by atoms with Crippen LogP contribution in [0.4, 0.5) is 0 Å². The van der Waals surface area contributed by atoms with E-state index in [4.69, 9.17) is 4.74 Å². The van der Waals surface area contributed by atoms with Gasteiger partial charge in [0.25, 0.3) is 0 Å². The molecule has 1 aromatic carbocycles. The molecule has 1 fully saturated rings. The molecule has 3 nitrogen and oxygen atoms in total. The topological polar surface area (TPSA) is 29.5 Å². The van der Waals surface area contributed by atoms with Gasteiger partial charge < -0.3 is 9.64 Å². The fourth-order valence-electron chi connectivity index (χ4n) is 1.93. The smallest absolute Gasteiger partial charge is 0.227 e. The third-order valence-corrected chi connectivity index (χ3v) is 2.79. The van der Waals surface area contributed by atoms with Crippen molar-refractivity contribution in [1.82, 2.24) is 4.90 Å². The van der Waals surface area contributed by atoms with Gasteiger partial charge in [0.05, 0.1) is 19.1 Å². The van der Waals surface area contributed by atoms with Crippen LogP contribution in [-0.2, 0) is 16.0 Å². The lowest BCUT2D eigenvalue weighted by molar-refractivity contribution is -0.137. The Hall–Kier alpha value is -1.35. The van der Waals surface area contributed by atoms with Gasteiger partial charge in [-0.25, -0.2) is 0 Å². The second kappa shape index (κ2) is 5.12. The molecule has 0 aromatic heterocycles. The molecule has 1 heterocycles. The van der Waals surface area contributed by atoms with E-state index in [2.05, 4.69) is 0 Å². The number of nitrogens with zero attached hydrogens (tertiary/aromatic N) is 1. The zero-order chi connectivity index (χ0) is 11.4. The molecule has 1 atom stereocenters. The minimum Gasteiger partial charge on any atom is -0.375 e. The fourth-order valence-corrected chi connectivity index (χ4v) is 1.93. The van der Waals surface area contributed by atoms with Crippen molar-refractivity contribution in [2.24, 2.45) is 0 Å². The first-order chi connectivity index (χ1) is 7.75. The number of hydrogen-bond donors (Lipinski definition) is 0. The summed E-state index contributed by atoms with van der Waals surface area (Å²) in [5, 5.41) is 0. The summed E-state index contributed by atoms with van der Waals surface area (Å²) in [4.78, 5) is 13.9. The summed E-state index contributed by atoms with van der Waals surface area (Å²) in [5.41, 5.74) is 1.08. The first-order valence-electron chi connectivity index (χ1n) is 5.69. The number of amides is 1. The maximum absolute atomic E-state index is 12.0.